The zero-order valence-electron chi connectivity index (χ0n) is 22.9. The number of Topliss-reactive ketones (excluding diaryl/α,β-unsaturated/α-hetero) is 1. The Bertz CT molecular complexity index is 795. The van der Waals surface area contributed by atoms with Gasteiger partial charge in [0, 0.05) is 18.9 Å². The van der Waals surface area contributed by atoms with Crippen LogP contribution in [0.15, 0.2) is 11.6 Å². The van der Waals surface area contributed by atoms with Crippen LogP contribution in [0.2, 0.25) is 18.1 Å². The predicted molar refractivity (Wildman–Crippen MR) is 139 cm³/mol. The third kappa shape index (κ3) is 4.04. The van der Waals surface area contributed by atoms with Gasteiger partial charge in [0.2, 0.25) is 0 Å². The van der Waals surface area contributed by atoms with Crippen molar-refractivity contribution in [2.75, 3.05) is 6.61 Å². The van der Waals surface area contributed by atoms with Crippen LogP contribution >= 0.6 is 0 Å². The molecule has 188 valence electrons. The number of rotatable bonds is 4. The summed E-state index contributed by atoms with van der Waals surface area (Å²) in [5.41, 5.74) is 1.70. The number of fused-ring (bicyclic) bond motifs is 5. The first-order valence-electron chi connectivity index (χ1n) is 13.8. The summed E-state index contributed by atoms with van der Waals surface area (Å²) < 4.78 is 13.4. The van der Waals surface area contributed by atoms with Crippen LogP contribution < -0.4 is 0 Å². The topological polar surface area (TPSA) is 35.5 Å². The third-order valence-corrected chi connectivity index (χ3v) is 15.7. The first-order chi connectivity index (χ1) is 15.3. The van der Waals surface area contributed by atoms with Gasteiger partial charge in [-0.25, -0.2) is 0 Å². The van der Waals surface area contributed by atoms with Crippen molar-refractivity contribution >= 4 is 14.1 Å². The Labute approximate surface area is 204 Å². The van der Waals surface area contributed by atoms with Crippen LogP contribution in [0.5, 0.6) is 0 Å². The molecule has 4 fully saturated rings. The third-order valence-electron chi connectivity index (χ3n) is 11.2. The van der Waals surface area contributed by atoms with Crippen molar-refractivity contribution in [2.45, 2.75) is 124 Å². The second kappa shape index (κ2) is 8.59. The second-order valence-electron chi connectivity index (χ2n) is 13.8. The number of ether oxygens (including phenoxy) is 1. The molecule has 0 spiro atoms. The molecule has 4 rings (SSSR count). The van der Waals surface area contributed by atoms with E-state index in [0.717, 1.165) is 25.9 Å². The van der Waals surface area contributed by atoms with Crippen LogP contribution in [0, 0.1) is 34.5 Å². The number of allylic oxidation sites excluding steroid dienone is 2. The molecule has 33 heavy (non-hydrogen) atoms. The van der Waals surface area contributed by atoms with Gasteiger partial charge >= 0.3 is 0 Å². The summed E-state index contributed by atoms with van der Waals surface area (Å²) in [6.45, 7) is 21.6. The Morgan fingerprint density at radius 2 is 1.82 bits per heavy atom. The van der Waals surface area contributed by atoms with E-state index < -0.39 is 8.32 Å². The maximum Gasteiger partial charge on any atom is 0.192 e. The Hall–Kier alpha value is -0.453. The lowest BCUT2D eigenvalue weighted by molar-refractivity contribution is -0.174. The minimum Gasteiger partial charge on any atom is -0.411 e. The van der Waals surface area contributed by atoms with Crippen LogP contribution in [0.1, 0.15) is 93.4 Å². The lowest BCUT2D eigenvalue weighted by Crippen LogP contribution is -2.61. The van der Waals surface area contributed by atoms with E-state index in [0.29, 0.717) is 23.5 Å². The number of hydrogen-bond donors (Lipinski definition) is 0. The highest BCUT2D eigenvalue weighted by molar-refractivity contribution is 6.74. The first-order valence-corrected chi connectivity index (χ1v) is 16.7. The lowest BCUT2D eigenvalue weighted by Gasteiger charge is -2.61. The maximum absolute atomic E-state index is 13.9. The van der Waals surface area contributed by atoms with E-state index in [1.165, 1.54) is 25.7 Å². The summed E-state index contributed by atoms with van der Waals surface area (Å²) in [4.78, 5) is 13.9. The average Bonchev–Trinajstić information content (AvgIpc) is 3.03. The van der Waals surface area contributed by atoms with Gasteiger partial charge in [0.05, 0.1) is 12.2 Å². The summed E-state index contributed by atoms with van der Waals surface area (Å²) in [6, 6.07) is 0. The molecule has 0 bridgehead atoms. The standard InChI is InChI=1S/C29H50O3Si/c1-10-19-13-15-22-21-14-12-20-16-24(32-33(8,9)27(3,4)5)25(31-11-2)18-29(20,7)26(21)23(30)17-28(19,22)6/h10,20-22,24-26H,11-18H2,1-9H3/b19-10-/t20-,21-,22-,24?,25-,26+,28+,29-/m0/s1. The molecule has 0 aromatic rings. The van der Waals surface area contributed by atoms with Gasteiger partial charge < -0.3 is 9.16 Å². The van der Waals surface area contributed by atoms with Crippen LogP contribution in [0.25, 0.3) is 0 Å². The lowest BCUT2D eigenvalue weighted by atomic mass is 9.44. The Morgan fingerprint density at radius 1 is 1.12 bits per heavy atom. The van der Waals surface area contributed by atoms with Crippen LogP contribution in [-0.2, 0) is 14.0 Å². The molecule has 0 aromatic carbocycles. The van der Waals surface area contributed by atoms with E-state index in [1.807, 2.05) is 0 Å². The molecule has 0 radical (unpaired) electrons. The molecular formula is C29H50O3Si. The van der Waals surface area contributed by atoms with Crippen molar-refractivity contribution in [1.29, 1.82) is 0 Å². The van der Waals surface area contributed by atoms with Gasteiger partial charge in [0.25, 0.3) is 0 Å². The molecule has 0 amide bonds. The highest BCUT2D eigenvalue weighted by atomic mass is 28.4. The SMILES string of the molecule is C/C=C1/CC[C@H]2[C@@H]3CC[C@H]4CC(O[Si](C)(C)C(C)(C)C)[C@@H](OCC)C[C@]4(C)[C@H]3C(=O)C[C@]12C. The van der Waals surface area contributed by atoms with Gasteiger partial charge in [0.15, 0.2) is 8.32 Å². The minimum atomic E-state index is -1.88. The molecule has 0 heterocycles. The zero-order valence-corrected chi connectivity index (χ0v) is 23.9. The molecule has 4 aliphatic carbocycles. The van der Waals surface area contributed by atoms with Crippen molar-refractivity contribution in [1.82, 2.24) is 0 Å². The molecule has 1 unspecified atom stereocenters. The van der Waals surface area contributed by atoms with Crippen LogP contribution in [0.4, 0.5) is 0 Å². The smallest absolute Gasteiger partial charge is 0.192 e. The fourth-order valence-electron chi connectivity index (χ4n) is 8.44. The number of carbonyl (C=O) groups is 1. The summed E-state index contributed by atoms with van der Waals surface area (Å²) in [7, 11) is -1.88. The molecular weight excluding hydrogens is 424 g/mol. The minimum absolute atomic E-state index is 0.0487. The van der Waals surface area contributed by atoms with E-state index in [9.17, 15) is 4.79 Å². The van der Waals surface area contributed by atoms with Crippen molar-refractivity contribution in [3.8, 4) is 0 Å². The molecule has 4 aliphatic rings. The number of carbonyl (C=O) groups excluding carboxylic acids is 1. The van der Waals surface area contributed by atoms with Gasteiger partial charge in [-0.1, -0.05) is 46.3 Å². The van der Waals surface area contributed by atoms with Crippen LogP contribution in [-0.4, -0.2) is 32.9 Å². The van der Waals surface area contributed by atoms with Crippen molar-refractivity contribution in [3.05, 3.63) is 11.6 Å². The van der Waals surface area contributed by atoms with E-state index >= 15 is 0 Å². The van der Waals surface area contributed by atoms with Crippen molar-refractivity contribution < 1.29 is 14.0 Å². The quantitative estimate of drug-likeness (QED) is 0.311. The summed E-state index contributed by atoms with van der Waals surface area (Å²) >= 11 is 0. The fourth-order valence-corrected chi connectivity index (χ4v) is 9.80. The molecule has 3 nitrogen and oxygen atoms in total. The molecule has 0 saturated heterocycles. The molecule has 0 aliphatic heterocycles. The Balaban J connectivity index is 1.62. The van der Waals surface area contributed by atoms with Gasteiger partial charge in [-0.05, 0) is 99.1 Å². The van der Waals surface area contributed by atoms with Crippen LogP contribution in [0.3, 0.4) is 0 Å². The van der Waals surface area contributed by atoms with E-state index in [1.54, 1.807) is 5.57 Å². The first kappa shape index (κ1) is 25.6. The Kier molecular flexibility index (Phi) is 6.67. The predicted octanol–water partition coefficient (Wildman–Crippen LogP) is 7.56. The average molecular weight is 475 g/mol. The molecule has 4 saturated carbocycles. The van der Waals surface area contributed by atoms with E-state index in [4.69, 9.17) is 9.16 Å². The molecule has 0 aromatic heterocycles. The van der Waals surface area contributed by atoms with E-state index in [2.05, 4.69) is 67.6 Å². The molecule has 4 heteroatoms. The summed E-state index contributed by atoms with van der Waals surface area (Å²) in [5.74, 6) is 2.56. The second-order valence-corrected chi connectivity index (χ2v) is 18.5. The highest BCUT2D eigenvalue weighted by Gasteiger charge is 2.63. The highest BCUT2D eigenvalue weighted by Crippen LogP contribution is 2.66. The maximum atomic E-state index is 13.9. The van der Waals surface area contributed by atoms with E-state index in [-0.39, 0.29) is 34.0 Å². The number of hydrogen-bond acceptors (Lipinski definition) is 3. The summed E-state index contributed by atoms with van der Waals surface area (Å²) in [6.07, 6.45) is 10.3. The van der Waals surface area contributed by atoms with Crippen molar-refractivity contribution in [3.63, 3.8) is 0 Å². The molecule has 0 N–H and O–H groups in total. The zero-order chi connectivity index (χ0) is 24.4. The normalized spacial score (nSPS) is 45.0. The monoisotopic (exact) mass is 474 g/mol. The van der Waals surface area contributed by atoms with Crippen molar-refractivity contribution in [2.24, 2.45) is 34.5 Å². The Morgan fingerprint density at radius 3 is 2.42 bits per heavy atom. The fraction of sp³-hybridized carbons (Fsp3) is 0.897. The summed E-state index contributed by atoms with van der Waals surface area (Å²) in [5, 5.41) is 0.193. The molecule has 8 atom stereocenters. The van der Waals surface area contributed by atoms with Gasteiger partial charge in [-0.2, -0.15) is 0 Å². The van der Waals surface area contributed by atoms with Gasteiger partial charge in [0.1, 0.15) is 5.78 Å². The van der Waals surface area contributed by atoms with Gasteiger partial charge in [-0.3, -0.25) is 4.79 Å². The largest absolute Gasteiger partial charge is 0.411 e. The number of ketones is 1. The van der Waals surface area contributed by atoms with Gasteiger partial charge in [-0.15, -0.1) is 0 Å².